The lowest BCUT2D eigenvalue weighted by Crippen LogP contribution is -2.39. The van der Waals surface area contributed by atoms with Gasteiger partial charge in [0.2, 0.25) is 5.91 Å². The highest BCUT2D eigenvalue weighted by molar-refractivity contribution is 6.18. The van der Waals surface area contributed by atoms with Gasteiger partial charge >= 0.3 is 5.97 Å². The minimum atomic E-state index is -0.875. The number of aliphatic hydroxyl groups is 1. The molecule has 2 N–H and O–H groups in total. The highest BCUT2D eigenvalue weighted by Crippen LogP contribution is 2.37. The van der Waals surface area contributed by atoms with E-state index in [4.69, 9.17) is 16.3 Å². The van der Waals surface area contributed by atoms with Gasteiger partial charge < -0.3 is 15.2 Å². The molecule has 1 heterocycles. The van der Waals surface area contributed by atoms with Crippen LogP contribution in [0.4, 0.5) is 0 Å². The van der Waals surface area contributed by atoms with Gasteiger partial charge in [-0.05, 0) is 55.9 Å². The number of hydrogen-bond donors (Lipinski definition) is 2. The molecular weight excluding hydrogens is 504 g/mol. The SMILES string of the molecule is CC1CC(C)CC(C)C(O)/C(C#N)=C/C=C/CC(C2CCCC2C(=O)NCCCl)OC(=O)CC(=O)C(C)C1. The molecule has 0 saturated heterocycles. The molecule has 0 radical (unpaired) electrons. The van der Waals surface area contributed by atoms with Gasteiger partial charge in [-0.1, -0.05) is 46.3 Å². The molecule has 2 rings (SSSR count). The quantitative estimate of drug-likeness (QED) is 0.286. The summed E-state index contributed by atoms with van der Waals surface area (Å²) < 4.78 is 5.87. The number of aliphatic hydroxyl groups excluding tert-OH is 1. The van der Waals surface area contributed by atoms with E-state index in [1.807, 2.05) is 13.8 Å². The van der Waals surface area contributed by atoms with Gasteiger partial charge in [0.05, 0.1) is 17.7 Å². The van der Waals surface area contributed by atoms with Gasteiger partial charge in [0.25, 0.3) is 0 Å². The summed E-state index contributed by atoms with van der Waals surface area (Å²) in [7, 11) is 0. The summed E-state index contributed by atoms with van der Waals surface area (Å²) in [6.45, 7) is 8.43. The number of nitrogens with zero attached hydrogens (tertiary/aromatic N) is 1. The van der Waals surface area contributed by atoms with Gasteiger partial charge in [-0.15, -0.1) is 11.6 Å². The van der Waals surface area contributed by atoms with Crippen LogP contribution in [0.2, 0.25) is 0 Å². The third kappa shape index (κ3) is 9.85. The van der Waals surface area contributed by atoms with Gasteiger partial charge in [-0.3, -0.25) is 14.4 Å². The Hall–Kier alpha value is -2.17. The van der Waals surface area contributed by atoms with Crippen molar-refractivity contribution < 1.29 is 24.2 Å². The molecule has 0 aromatic heterocycles. The molecule has 212 valence electrons. The van der Waals surface area contributed by atoms with E-state index >= 15 is 0 Å². The lowest BCUT2D eigenvalue weighted by Gasteiger charge is -2.28. The fraction of sp³-hybridized carbons (Fsp3) is 0.733. The molecule has 0 aromatic rings. The maximum absolute atomic E-state index is 12.9. The molecule has 0 spiro atoms. The monoisotopic (exact) mass is 548 g/mol. The first-order valence-corrected chi connectivity index (χ1v) is 14.6. The molecule has 8 atom stereocenters. The number of nitrogens with one attached hydrogen (secondary N) is 1. The standard InChI is InChI=1S/C30H45ClN2O5/c1-19-14-20(2)16-22(4)29(36)23(18-32)8-5-6-11-27(38-28(35)17-26(34)21(3)15-19)24-9-7-10-25(24)30(37)33-13-12-31/h5-6,8,19-22,24-25,27,29,36H,7,9-17H2,1-4H3,(H,33,37)/b6-5+,23-8+. The van der Waals surface area contributed by atoms with Crippen molar-refractivity contribution in [3.63, 3.8) is 0 Å². The van der Waals surface area contributed by atoms with Crippen molar-refractivity contribution in [1.82, 2.24) is 5.32 Å². The number of alkyl halides is 1. The van der Waals surface area contributed by atoms with E-state index in [2.05, 4.69) is 25.2 Å². The van der Waals surface area contributed by atoms with E-state index < -0.39 is 18.2 Å². The Morgan fingerprint density at radius 3 is 2.55 bits per heavy atom. The van der Waals surface area contributed by atoms with Crippen LogP contribution in [0.3, 0.4) is 0 Å². The number of hydrogen-bond acceptors (Lipinski definition) is 6. The first-order valence-electron chi connectivity index (χ1n) is 14.1. The highest BCUT2D eigenvalue weighted by Gasteiger charge is 2.39. The van der Waals surface area contributed by atoms with Crippen molar-refractivity contribution in [1.29, 1.82) is 5.26 Å². The second-order valence-electron chi connectivity index (χ2n) is 11.5. The van der Waals surface area contributed by atoms with Crippen LogP contribution in [0.25, 0.3) is 0 Å². The van der Waals surface area contributed by atoms with E-state index in [1.165, 1.54) is 0 Å². The summed E-state index contributed by atoms with van der Waals surface area (Å²) >= 11 is 5.74. The summed E-state index contributed by atoms with van der Waals surface area (Å²) in [5.41, 5.74) is 0.294. The van der Waals surface area contributed by atoms with E-state index in [-0.39, 0.29) is 47.7 Å². The van der Waals surface area contributed by atoms with Crippen LogP contribution in [-0.2, 0) is 19.1 Å². The van der Waals surface area contributed by atoms with Crippen LogP contribution in [0.15, 0.2) is 23.8 Å². The third-order valence-corrected chi connectivity index (χ3v) is 8.22. The number of ketones is 1. The molecular formula is C30H45ClN2O5. The van der Waals surface area contributed by atoms with Crippen molar-refractivity contribution in [3.8, 4) is 6.07 Å². The average molecular weight is 549 g/mol. The van der Waals surface area contributed by atoms with Gasteiger partial charge in [-0.2, -0.15) is 5.26 Å². The lowest BCUT2D eigenvalue weighted by molar-refractivity contribution is -0.156. The third-order valence-electron chi connectivity index (χ3n) is 8.03. The first-order chi connectivity index (χ1) is 18.1. The Morgan fingerprint density at radius 2 is 1.87 bits per heavy atom. The zero-order valence-electron chi connectivity index (χ0n) is 23.3. The Kier molecular flexibility index (Phi) is 13.5. The summed E-state index contributed by atoms with van der Waals surface area (Å²) in [6, 6.07) is 2.13. The smallest absolute Gasteiger partial charge is 0.313 e. The number of ether oxygens (including phenoxy) is 1. The number of halogens is 1. The Bertz CT molecular complexity index is 911. The van der Waals surface area contributed by atoms with E-state index in [0.717, 1.165) is 25.7 Å². The van der Waals surface area contributed by atoms with Crippen molar-refractivity contribution in [2.45, 2.75) is 91.3 Å². The summed E-state index contributed by atoms with van der Waals surface area (Å²) in [4.78, 5) is 38.5. The normalized spacial score (nSPS) is 36.6. The van der Waals surface area contributed by atoms with Crippen molar-refractivity contribution in [2.75, 3.05) is 12.4 Å². The minimum absolute atomic E-state index is 0.0890. The predicted octanol–water partition coefficient (Wildman–Crippen LogP) is 5.11. The Balaban J connectivity index is 2.31. The van der Waals surface area contributed by atoms with Gasteiger partial charge in [0, 0.05) is 36.6 Å². The summed E-state index contributed by atoms with van der Waals surface area (Å²) in [5.74, 6) is -0.702. The molecule has 1 aliphatic carbocycles. The van der Waals surface area contributed by atoms with Crippen LogP contribution in [0, 0.1) is 46.8 Å². The van der Waals surface area contributed by atoms with Crippen molar-refractivity contribution in [2.24, 2.45) is 35.5 Å². The Labute approximate surface area is 233 Å². The molecule has 1 saturated carbocycles. The topological polar surface area (TPSA) is 116 Å². The first kappa shape index (κ1) is 32.0. The molecule has 0 bridgehead atoms. The number of carbonyl (C=O) groups is 3. The molecule has 38 heavy (non-hydrogen) atoms. The zero-order chi connectivity index (χ0) is 28.2. The maximum atomic E-state index is 12.9. The minimum Gasteiger partial charge on any atom is -0.461 e. The molecule has 1 fully saturated rings. The van der Waals surface area contributed by atoms with Crippen molar-refractivity contribution in [3.05, 3.63) is 23.8 Å². The van der Waals surface area contributed by atoms with Crippen LogP contribution in [0.5, 0.6) is 0 Å². The highest BCUT2D eigenvalue weighted by atomic mass is 35.5. The van der Waals surface area contributed by atoms with E-state index in [0.29, 0.717) is 43.2 Å². The zero-order valence-corrected chi connectivity index (χ0v) is 24.1. The largest absolute Gasteiger partial charge is 0.461 e. The number of cyclic esters (lactones) is 1. The summed E-state index contributed by atoms with van der Waals surface area (Å²) in [5, 5.41) is 23.3. The molecule has 7 nitrogen and oxygen atoms in total. The van der Waals surface area contributed by atoms with Gasteiger partial charge in [0.15, 0.2) is 0 Å². The van der Waals surface area contributed by atoms with Gasteiger partial charge in [0.1, 0.15) is 18.3 Å². The van der Waals surface area contributed by atoms with Gasteiger partial charge in [-0.25, -0.2) is 0 Å². The second kappa shape index (κ2) is 16.1. The molecule has 1 amide bonds. The van der Waals surface area contributed by atoms with Crippen molar-refractivity contribution >= 4 is 29.3 Å². The van der Waals surface area contributed by atoms with E-state index in [9.17, 15) is 24.8 Å². The molecule has 1 aliphatic heterocycles. The lowest BCUT2D eigenvalue weighted by atomic mass is 9.82. The molecule has 0 aromatic carbocycles. The maximum Gasteiger partial charge on any atom is 0.313 e. The van der Waals surface area contributed by atoms with Crippen LogP contribution in [-0.4, -0.2) is 47.4 Å². The average Bonchev–Trinajstić information content (AvgIpc) is 3.35. The van der Waals surface area contributed by atoms with Crippen LogP contribution >= 0.6 is 11.6 Å². The van der Waals surface area contributed by atoms with Crippen LogP contribution in [0.1, 0.15) is 79.1 Å². The molecule has 8 heteroatoms. The Morgan fingerprint density at radius 1 is 1.16 bits per heavy atom. The fourth-order valence-corrected chi connectivity index (χ4v) is 6.26. The van der Waals surface area contributed by atoms with Crippen LogP contribution < -0.4 is 5.32 Å². The molecule has 2 aliphatic rings. The second-order valence-corrected chi connectivity index (χ2v) is 11.9. The number of carbonyl (C=O) groups excluding carboxylic acids is 3. The number of allylic oxidation sites excluding steroid dienone is 2. The van der Waals surface area contributed by atoms with E-state index in [1.54, 1.807) is 18.2 Å². The summed E-state index contributed by atoms with van der Waals surface area (Å²) in [6.07, 6.45) is 8.34. The predicted molar refractivity (Wildman–Crippen MR) is 148 cm³/mol. The fourth-order valence-electron chi connectivity index (χ4n) is 6.17. The number of Topliss-reactive ketones (excluding diaryl/α,β-unsaturated/α-hetero) is 1. The molecule has 8 unspecified atom stereocenters. The number of amides is 1. The number of esters is 1. The number of rotatable bonds is 4. The number of nitriles is 1.